The van der Waals surface area contributed by atoms with Gasteiger partial charge in [-0.05, 0) is 62.8 Å². The molecule has 21 heavy (non-hydrogen) atoms. The second-order valence-corrected chi connectivity index (χ2v) is 6.49. The Kier molecular flexibility index (Phi) is 2.72. The summed E-state index contributed by atoms with van der Waals surface area (Å²) in [6.07, 6.45) is 2.67. The third-order valence-corrected chi connectivity index (χ3v) is 4.59. The molecule has 1 nitrogen and oxygen atoms in total. The third-order valence-electron chi connectivity index (χ3n) is 4.59. The van der Waals surface area contributed by atoms with Crippen LogP contribution < -0.4 is 0 Å². The first-order chi connectivity index (χ1) is 10.1. The summed E-state index contributed by atoms with van der Waals surface area (Å²) in [6.45, 7) is 6.65. The van der Waals surface area contributed by atoms with Crippen molar-refractivity contribution in [2.45, 2.75) is 39.5 Å². The fraction of sp³-hybridized carbons (Fsp3) is 0.300. The highest BCUT2D eigenvalue weighted by molar-refractivity contribution is 5.84. The van der Waals surface area contributed by atoms with Crippen LogP contribution in [-0.2, 0) is 0 Å². The Morgan fingerprint density at radius 1 is 0.905 bits per heavy atom. The molecule has 0 amide bonds. The first-order valence-electron chi connectivity index (χ1n) is 7.84. The summed E-state index contributed by atoms with van der Waals surface area (Å²) in [5, 5.41) is 1.36. The zero-order valence-electron chi connectivity index (χ0n) is 13.0. The maximum atomic E-state index is 2.51. The average molecular weight is 275 g/mol. The van der Waals surface area contributed by atoms with Gasteiger partial charge in [-0.1, -0.05) is 35.9 Å². The lowest BCUT2D eigenvalue weighted by atomic mass is 10.0. The molecule has 1 fully saturated rings. The Bertz CT molecular complexity index is 811. The highest BCUT2D eigenvalue weighted by Crippen LogP contribution is 2.44. The van der Waals surface area contributed by atoms with Crippen LogP contribution in [0.2, 0.25) is 0 Å². The molecule has 0 unspecified atom stereocenters. The first kappa shape index (κ1) is 12.7. The molecule has 1 aromatic heterocycles. The maximum Gasteiger partial charge on any atom is 0.0531 e. The summed E-state index contributed by atoms with van der Waals surface area (Å²) in [5.41, 5.74) is 8.30. The van der Waals surface area contributed by atoms with Crippen LogP contribution in [0.5, 0.6) is 0 Å². The predicted octanol–water partition coefficient (Wildman–Crippen LogP) is 5.43. The molecule has 0 radical (unpaired) electrons. The van der Waals surface area contributed by atoms with Crippen LogP contribution in [0.25, 0.3) is 16.6 Å². The van der Waals surface area contributed by atoms with Crippen molar-refractivity contribution in [1.29, 1.82) is 0 Å². The molecule has 4 rings (SSSR count). The highest BCUT2D eigenvalue weighted by Gasteiger charge is 2.29. The quantitative estimate of drug-likeness (QED) is 0.587. The molecule has 0 atom stereocenters. The Morgan fingerprint density at radius 3 is 2.24 bits per heavy atom. The van der Waals surface area contributed by atoms with E-state index in [9.17, 15) is 0 Å². The van der Waals surface area contributed by atoms with Crippen LogP contribution in [0.15, 0.2) is 42.5 Å². The summed E-state index contributed by atoms with van der Waals surface area (Å²) in [5.74, 6) is 0.748. The van der Waals surface area contributed by atoms with Crippen molar-refractivity contribution in [2.24, 2.45) is 0 Å². The van der Waals surface area contributed by atoms with Gasteiger partial charge in [-0.25, -0.2) is 0 Å². The van der Waals surface area contributed by atoms with Crippen molar-refractivity contribution >= 4 is 10.9 Å². The number of fused-ring (bicyclic) bond motifs is 1. The van der Waals surface area contributed by atoms with E-state index in [0.29, 0.717) is 0 Å². The van der Waals surface area contributed by atoms with Gasteiger partial charge < -0.3 is 4.57 Å². The van der Waals surface area contributed by atoms with Gasteiger partial charge >= 0.3 is 0 Å². The van der Waals surface area contributed by atoms with Gasteiger partial charge in [-0.15, -0.1) is 0 Å². The van der Waals surface area contributed by atoms with Gasteiger partial charge in [0.1, 0.15) is 0 Å². The van der Waals surface area contributed by atoms with Crippen LogP contribution in [0.3, 0.4) is 0 Å². The molecule has 0 saturated heterocycles. The molecular weight excluding hydrogens is 254 g/mol. The minimum Gasteiger partial charge on any atom is -0.313 e. The summed E-state index contributed by atoms with van der Waals surface area (Å²) in [7, 11) is 0. The number of aromatic nitrogens is 1. The minimum atomic E-state index is 0.748. The largest absolute Gasteiger partial charge is 0.313 e. The predicted molar refractivity (Wildman–Crippen MR) is 89.5 cm³/mol. The number of benzene rings is 2. The van der Waals surface area contributed by atoms with Crippen molar-refractivity contribution in [3.63, 3.8) is 0 Å². The Hall–Kier alpha value is -2.02. The van der Waals surface area contributed by atoms with Crippen molar-refractivity contribution in [1.82, 2.24) is 4.57 Å². The minimum absolute atomic E-state index is 0.748. The normalized spacial score (nSPS) is 14.8. The van der Waals surface area contributed by atoms with Crippen LogP contribution >= 0.6 is 0 Å². The van der Waals surface area contributed by atoms with E-state index < -0.39 is 0 Å². The zero-order chi connectivity index (χ0) is 14.6. The monoisotopic (exact) mass is 275 g/mol. The lowest BCUT2D eigenvalue weighted by molar-refractivity contribution is 0.934. The van der Waals surface area contributed by atoms with Gasteiger partial charge in [0.25, 0.3) is 0 Å². The molecule has 0 bridgehead atoms. The van der Waals surface area contributed by atoms with Crippen LogP contribution in [0, 0.1) is 20.8 Å². The highest BCUT2D eigenvalue weighted by atomic mass is 15.0. The van der Waals surface area contributed by atoms with Gasteiger partial charge in [0, 0.05) is 11.1 Å². The summed E-state index contributed by atoms with van der Waals surface area (Å²) >= 11 is 0. The van der Waals surface area contributed by atoms with Gasteiger partial charge in [0.15, 0.2) is 0 Å². The molecule has 1 aliphatic carbocycles. The van der Waals surface area contributed by atoms with E-state index in [2.05, 4.69) is 67.8 Å². The Labute approximate surface area is 126 Å². The molecule has 1 heteroatoms. The van der Waals surface area contributed by atoms with E-state index in [1.165, 1.54) is 51.8 Å². The van der Waals surface area contributed by atoms with Gasteiger partial charge in [-0.3, -0.25) is 0 Å². The average Bonchev–Trinajstić information content (AvgIpc) is 3.21. The standard InChI is InChI=1S/C20H21N/c1-13-10-14(2)20(15(3)11-13)21-18-7-5-4-6-17(18)12-19(21)16-8-9-16/h4-7,10-12,16H,8-9H2,1-3H3. The molecular formula is C20H21N. The van der Waals surface area contributed by atoms with E-state index in [1.54, 1.807) is 0 Å². The number of hydrogen-bond acceptors (Lipinski definition) is 0. The number of aryl methyl sites for hydroxylation is 3. The van der Waals surface area contributed by atoms with Crippen LogP contribution in [0.4, 0.5) is 0 Å². The number of para-hydroxylation sites is 1. The molecule has 106 valence electrons. The van der Waals surface area contributed by atoms with E-state index in [1.807, 2.05) is 0 Å². The van der Waals surface area contributed by atoms with Gasteiger partial charge in [0.05, 0.1) is 11.2 Å². The van der Waals surface area contributed by atoms with E-state index in [-0.39, 0.29) is 0 Å². The van der Waals surface area contributed by atoms with Crippen molar-refractivity contribution in [2.75, 3.05) is 0 Å². The molecule has 0 aliphatic heterocycles. The lowest BCUT2D eigenvalue weighted by Crippen LogP contribution is -2.04. The molecule has 1 heterocycles. The third kappa shape index (κ3) is 1.99. The second-order valence-electron chi connectivity index (χ2n) is 6.49. The molecule has 1 aliphatic rings. The molecule has 3 aromatic rings. The lowest BCUT2D eigenvalue weighted by Gasteiger charge is -2.17. The van der Waals surface area contributed by atoms with Crippen molar-refractivity contribution in [3.8, 4) is 5.69 Å². The number of nitrogens with zero attached hydrogens (tertiary/aromatic N) is 1. The number of rotatable bonds is 2. The molecule has 2 aromatic carbocycles. The second kappa shape index (κ2) is 4.49. The Morgan fingerprint density at radius 2 is 1.57 bits per heavy atom. The van der Waals surface area contributed by atoms with E-state index in [4.69, 9.17) is 0 Å². The van der Waals surface area contributed by atoms with Gasteiger partial charge in [0.2, 0.25) is 0 Å². The molecule has 0 N–H and O–H groups in total. The summed E-state index contributed by atoms with van der Waals surface area (Å²) in [6, 6.07) is 15.8. The van der Waals surface area contributed by atoms with Crippen LogP contribution in [0.1, 0.15) is 41.1 Å². The van der Waals surface area contributed by atoms with Gasteiger partial charge in [-0.2, -0.15) is 0 Å². The number of hydrogen-bond donors (Lipinski definition) is 0. The maximum absolute atomic E-state index is 2.51. The molecule has 0 spiro atoms. The topological polar surface area (TPSA) is 4.93 Å². The van der Waals surface area contributed by atoms with E-state index >= 15 is 0 Å². The smallest absolute Gasteiger partial charge is 0.0531 e. The Balaban J connectivity index is 2.08. The first-order valence-corrected chi connectivity index (χ1v) is 7.84. The van der Waals surface area contributed by atoms with Crippen molar-refractivity contribution < 1.29 is 0 Å². The fourth-order valence-electron chi connectivity index (χ4n) is 3.63. The fourth-order valence-corrected chi connectivity index (χ4v) is 3.63. The zero-order valence-corrected chi connectivity index (χ0v) is 13.0. The SMILES string of the molecule is Cc1cc(C)c(-n2c(C3CC3)cc3ccccc32)c(C)c1. The van der Waals surface area contributed by atoms with Crippen LogP contribution in [-0.4, -0.2) is 4.57 Å². The summed E-state index contributed by atoms with van der Waals surface area (Å²) < 4.78 is 2.51. The van der Waals surface area contributed by atoms with Crippen molar-refractivity contribution in [3.05, 3.63) is 64.8 Å². The van der Waals surface area contributed by atoms with E-state index in [0.717, 1.165) is 5.92 Å². The molecule has 1 saturated carbocycles. The summed E-state index contributed by atoms with van der Waals surface area (Å²) in [4.78, 5) is 0.